The molecule has 0 fully saturated rings. The number of nitrogens with zero attached hydrogens (tertiary/aromatic N) is 2. The molecule has 4 heteroatoms. The van der Waals surface area contributed by atoms with Crippen LogP contribution in [0, 0.1) is 5.92 Å². The summed E-state index contributed by atoms with van der Waals surface area (Å²) in [5, 5.41) is 0. The van der Waals surface area contributed by atoms with E-state index in [1.165, 1.54) is 0 Å². The normalized spacial score (nSPS) is 12.1. The average molecular weight is 209 g/mol. The fourth-order valence-electron chi connectivity index (χ4n) is 1.20. The molecule has 1 aromatic rings. The van der Waals surface area contributed by atoms with Crippen LogP contribution in [0.2, 0.25) is 0 Å². The molecule has 0 radical (unpaired) electrons. The van der Waals surface area contributed by atoms with Gasteiger partial charge in [0, 0.05) is 37.6 Å². The number of hydrogen-bond acceptors (Lipinski definition) is 3. The quantitative estimate of drug-likeness (QED) is 0.762. The minimum Gasteiger partial charge on any atom is -0.393 e. The van der Waals surface area contributed by atoms with Crippen molar-refractivity contribution >= 4 is 22.9 Å². The van der Waals surface area contributed by atoms with Gasteiger partial charge in [0.1, 0.15) is 0 Å². The number of hydrogen-bond donors (Lipinski definition) is 1. The van der Waals surface area contributed by atoms with Crippen LogP contribution in [-0.4, -0.2) is 23.6 Å². The highest BCUT2D eigenvalue weighted by atomic mass is 32.1. The van der Waals surface area contributed by atoms with E-state index in [-0.39, 0.29) is 5.92 Å². The summed E-state index contributed by atoms with van der Waals surface area (Å²) in [6.07, 6.45) is 3.55. The number of thiocarbonyl (C=S) groups is 1. The first-order valence-corrected chi connectivity index (χ1v) is 4.92. The first kappa shape index (κ1) is 10.9. The number of aromatic nitrogens is 1. The lowest BCUT2D eigenvalue weighted by molar-refractivity contribution is 0.742. The van der Waals surface area contributed by atoms with Crippen molar-refractivity contribution < 1.29 is 0 Å². The van der Waals surface area contributed by atoms with Crippen LogP contribution < -0.4 is 10.6 Å². The Morgan fingerprint density at radius 2 is 2.14 bits per heavy atom. The van der Waals surface area contributed by atoms with Crippen molar-refractivity contribution in [2.75, 3.05) is 18.5 Å². The Morgan fingerprint density at radius 3 is 2.64 bits per heavy atom. The minimum atomic E-state index is 0.225. The largest absolute Gasteiger partial charge is 0.393 e. The summed E-state index contributed by atoms with van der Waals surface area (Å²) in [6, 6.07) is 3.93. The lowest BCUT2D eigenvalue weighted by atomic mass is 10.1. The molecule has 1 unspecified atom stereocenters. The van der Waals surface area contributed by atoms with E-state index in [1.54, 1.807) is 12.4 Å². The average Bonchev–Trinajstić information content (AvgIpc) is 2.19. The van der Waals surface area contributed by atoms with Gasteiger partial charge in [-0.1, -0.05) is 19.1 Å². The van der Waals surface area contributed by atoms with Crippen LogP contribution in [0.25, 0.3) is 0 Å². The van der Waals surface area contributed by atoms with E-state index in [0.29, 0.717) is 4.99 Å². The predicted octanol–water partition coefficient (Wildman–Crippen LogP) is 1.44. The van der Waals surface area contributed by atoms with E-state index in [4.69, 9.17) is 18.0 Å². The molecular weight excluding hydrogens is 194 g/mol. The topological polar surface area (TPSA) is 42.2 Å². The molecule has 2 N–H and O–H groups in total. The molecule has 0 bridgehead atoms. The summed E-state index contributed by atoms with van der Waals surface area (Å²) in [6.45, 7) is 2.86. The van der Waals surface area contributed by atoms with Crippen LogP contribution in [0.5, 0.6) is 0 Å². The van der Waals surface area contributed by atoms with E-state index in [9.17, 15) is 0 Å². The summed E-state index contributed by atoms with van der Waals surface area (Å²) in [5.74, 6) is 0.225. The molecule has 1 atom stereocenters. The van der Waals surface area contributed by atoms with Gasteiger partial charge in [-0.15, -0.1) is 0 Å². The standard InChI is InChI=1S/C10H15N3S/c1-8(10(11)14)7-13(2)9-3-5-12-6-4-9/h3-6,8H,7H2,1-2H3,(H2,11,14). The lowest BCUT2D eigenvalue weighted by Crippen LogP contribution is -2.31. The number of pyridine rings is 1. The molecule has 0 aliphatic carbocycles. The van der Waals surface area contributed by atoms with Crippen LogP contribution in [0.3, 0.4) is 0 Å². The third-order valence-electron chi connectivity index (χ3n) is 2.14. The summed E-state index contributed by atoms with van der Waals surface area (Å²) >= 11 is 4.93. The Labute approximate surface area is 89.9 Å². The Morgan fingerprint density at radius 1 is 1.57 bits per heavy atom. The third-order valence-corrected chi connectivity index (χ3v) is 2.54. The van der Waals surface area contributed by atoms with Crippen LogP contribution in [-0.2, 0) is 0 Å². The predicted molar refractivity (Wildman–Crippen MR) is 63.5 cm³/mol. The number of rotatable bonds is 4. The molecule has 0 aliphatic rings. The highest BCUT2D eigenvalue weighted by Crippen LogP contribution is 2.11. The van der Waals surface area contributed by atoms with E-state index < -0.39 is 0 Å². The Balaban J connectivity index is 2.59. The van der Waals surface area contributed by atoms with Crippen molar-refractivity contribution in [3.8, 4) is 0 Å². The minimum absolute atomic E-state index is 0.225. The molecule has 0 aliphatic heterocycles. The Kier molecular flexibility index (Phi) is 3.83. The molecule has 1 heterocycles. The molecule has 0 aromatic carbocycles. The summed E-state index contributed by atoms with van der Waals surface area (Å²) < 4.78 is 0. The molecule has 1 aromatic heterocycles. The van der Waals surface area contributed by atoms with Crippen LogP contribution in [0.15, 0.2) is 24.5 Å². The second-order valence-electron chi connectivity index (χ2n) is 3.39. The van der Waals surface area contributed by atoms with Gasteiger partial charge in [0.05, 0.1) is 4.99 Å². The first-order valence-electron chi connectivity index (χ1n) is 4.51. The van der Waals surface area contributed by atoms with E-state index in [2.05, 4.69) is 9.88 Å². The van der Waals surface area contributed by atoms with Crippen LogP contribution >= 0.6 is 12.2 Å². The monoisotopic (exact) mass is 209 g/mol. The molecule has 0 saturated heterocycles. The molecule has 3 nitrogen and oxygen atoms in total. The van der Waals surface area contributed by atoms with Crippen molar-refractivity contribution in [1.82, 2.24) is 4.98 Å². The third kappa shape index (κ3) is 2.96. The van der Waals surface area contributed by atoms with Gasteiger partial charge in [-0.2, -0.15) is 0 Å². The maximum Gasteiger partial charge on any atom is 0.0773 e. The van der Waals surface area contributed by atoms with Gasteiger partial charge in [0.15, 0.2) is 0 Å². The Bertz CT molecular complexity index is 299. The van der Waals surface area contributed by atoms with Gasteiger partial charge in [0.2, 0.25) is 0 Å². The maximum absolute atomic E-state index is 5.55. The maximum atomic E-state index is 5.55. The molecule has 1 rings (SSSR count). The van der Waals surface area contributed by atoms with Gasteiger partial charge in [-0.3, -0.25) is 4.98 Å². The number of nitrogens with two attached hydrogens (primary N) is 1. The summed E-state index contributed by atoms with van der Waals surface area (Å²) in [5.41, 5.74) is 6.68. The van der Waals surface area contributed by atoms with E-state index in [0.717, 1.165) is 12.2 Å². The van der Waals surface area contributed by atoms with Gasteiger partial charge >= 0.3 is 0 Å². The molecule has 0 spiro atoms. The van der Waals surface area contributed by atoms with Crippen LogP contribution in [0.1, 0.15) is 6.92 Å². The molecule has 14 heavy (non-hydrogen) atoms. The smallest absolute Gasteiger partial charge is 0.0773 e. The van der Waals surface area contributed by atoms with Gasteiger partial charge in [0.25, 0.3) is 0 Å². The van der Waals surface area contributed by atoms with Gasteiger partial charge in [-0.05, 0) is 12.1 Å². The van der Waals surface area contributed by atoms with Crippen molar-refractivity contribution in [2.45, 2.75) is 6.92 Å². The highest BCUT2D eigenvalue weighted by molar-refractivity contribution is 7.80. The second kappa shape index (κ2) is 4.91. The zero-order chi connectivity index (χ0) is 10.6. The van der Waals surface area contributed by atoms with Crippen LogP contribution in [0.4, 0.5) is 5.69 Å². The van der Waals surface area contributed by atoms with Crippen molar-refractivity contribution in [2.24, 2.45) is 11.7 Å². The zero-order valence-corrected chi connectivity index (χ0v) is 9.29. The summed E-state index contributed by atoms with van der Waals surface area (Å²) in [4.78, 5) is 6.64. The van der Waals surface area contributed by atoms with Crippen molar-refractivity contribution in [3.05, 3.63) is 24.5 Å². The Hall–Kier alpha value is -1.16. The lowest BCUT2D eigenvalue weighted by Gasteiger charge is -2.22. The molecule has 76 valence electrons. The summed E-state index contributed by atoms with van der Waals surface area (Å²) in [7, 11) is 2.02. The highest BCUT2D eigenvalue weighted by Gasteiger charge is 2.08. The molecular formula is C10H15N3S. The SMILES string of the molecule is CC(CN(C)c1ccncc1)C(N)=S. The first-order chi connectivity index (χ1) is 6.61. The molecule has 0 amide bonds. The number of anilines is 1. The molecule has 0 saturated carbocycles. The zero-order valence-electron chi connectivity index (χ0n) is 8.47. The van der Waals surface area contributed by atoms with Gasteiger partial charge in [-0.25, -0.2) is 0 Å². The van der Waals surface area contributed by atoms with Crippen molar-refractivity contribution in [3.63, 3.8) is 0 Å². The van der Waals surface area contributed by atoms with E-state index in [1.807, 2.05) is 26.1 Å². The fourth-order valence-corrected chi connectivity index (χ4v) is 1.28. The van der Waals surface area contributed by atoms with Gasteiger partial charge < -0.3 is 10.6 Å². The van der Waals surface area contributed by atoms with E-state index >= 15 is 0 Å². The van der Waals surface area contributed by atoms with Crippen molar-refractivity contribution in [1.29, 1.82) is 0 Å². The fraction of sp³-hybridized carbons (Fsp3) is 0.400. The second-order valence-corrected chi connectivity index (χ2v) is 3.86.